The number of methoxy groups -OCH3 is 6. The Labute approximate surface area is 399 Å². The molecule has 8 atom stereocenters. The molecule has 2 fully saturated rings. The van der Waals surface area contributed by atoms with Gasteiger partial charge in [-0.15, -0.1) is 0 Å². The van der Waals surface area contributed by atoms with Gasteiger partial charge in [0.1, 0.15) is 12.2 Å². The van der Waals surface area contributed by atoms with Gasteiger partial charge in [-0.2, -0.15) is 0 Å². The summed E-state index contributed by atoms with van der Waals surface area (Å²) in [5.74, 6) is -2.86. The third kappa shape index (κ3) is 7.04. The number of nitrogens with zero attached hydrogens (tertiary/aromatic N) is 1. The fourth-order valence-corrected chi connectivity index (χ4v) is 10.9. The Balaban J connectivity index is 0.922. The normalized spacial score (nSPS) is 23.9. The molecule has 4 aliphatic heterocycles. The first kappa shape index (κ1) is 44.4. The number of carbonyl (C=O) groups excluding carboxylic acids is 4. The smallest absolute Gasteiger partial charge is 0.340 e. The maximum Gasteiger partial charge on any atom is 0.340 e. The highest BCUT2D eigenvalue weighted by atomic mass is 16.7. The molecule has 1 aromatic heterocycles. The molecular weight excluding hydrogens is 915 g/mol. The minimum absolute atomic E-state index is 0.0315. The van der Waals surface area contributed by atoms with E-state index in [4.69, 9.17) is 66.3 Å². The van der Waals surface area contributed by atoms with Crippen LogP contribution in [0, 0.1) is 23.7 Å². The summed E-state index contributed by atoms with van der Waals surface area (Å²) in [6.07, 6.45) is 0.494. The Bertz CT molecular complexity index is 2740. The van der Waals surface area contributed by atoms with Gasteiger partial charge >= 0.3 is 23.9 Å². The highest BCUT2D eigenvalue weighted by Gasteiger charge is 2.56. The summed E-state index contributed by atoms with van der Waals surface area (Å²) in [6, 6.07) is 15.5. The van der Waals surface area contributed by atoms with E-state index in [1.165, 1.54) is 61.1 Å². The first-order valence-corrected chi connectivity index (χ1v) is 22.2. The standard InChI is InChI=1S/C51H45NO18/c1-57-36-8-22(9-37(58-2)46(36)61-5)40-26-12-32-34(67-20-65-32)14-28(26)44(30-18-63-50(55)42(30)40)69-48(53)24-7-25(17-52-16-24)49(54)70-45-29-15-35-33(66-21-68-35)13-27(29)41(43-31(45)19-64-51(43)56)23-10-38(59-3)47(62-6)39(11-23)60-4/h7-17,30-31,40-45H,18-21H2,1-6H3/t30?,31?,40-,41-,42+,43+,44+,45+/m1/s1. The molecule has 0 bridgehead atoms. The highest BCUT2D eigenvalue weighted by molar-refractivity contribution is 5.95. The predicted molar refractivity (Wildman–Crippen MR) is 237 cm³/mol. The number of fused-ring (bicyclic) bond motifs is 6. The number of esters is 4. The molecule has 362 valence electrons. The van der Waals surface area contributed by atoms with E-state index in [0.29, 0.717) is 90.9 Å². The van der Waals surface area contributed by atoms with Gasteiger partial charge < -0.3 is 66.3 Å². The molecule has 5 aromatic rings. The lowest BCUT2D eigenvalue weighted by Gasteiger charge is -2.38. The van der Waals surface area contributed by atoms with Crippen molar-refractivity contribution < 1.29 is 85.5 Å². The molecule has 2 saturated heterocycles. The molecule has 19 nitrogen and oxygen atoms in total. The molecule has 4 aromatic carbocycles. The monoisotopic (exact) mass is 959 g/mol. The SMILES string of the molecule is COc1cc([C@@H]2c3cc4c(cc3[C@H](OC(=O)c3cncc(C(=O)O[C@H]5c6cc7c(cc6[C@@H](c6cc(OC)c(OC)c(OC)c6)[C@H]6C(=O)OCC56)OCO7)c3)C3COC(=O)[C@@H]32)OCO4)cc(OC)c1OC. The summed E-state index contributed by atoms with van der Waals surface area (Å²) in [5, 5.41) is 0. The van der Waals surface area contributed by atoms with Crippen LogP contribution < -0.4 is 47.4 Å². The summed E-state index contributed by atoms with van der Waals surface area (Å²) in [7, 11) is 9.01. The lowest BCUT2D eigenvalue weighted by atomic mass is 9.66. The van der Waals surface area contributed by atoms with Gasteiger partial charge in [-0.25, -0.2) is 9.59 Å². The molecule has 2 unspecified atom stereocenters. The van der Waals surface area contributed by atoms with E-state index in [0.717, 1.165) is 0 Å². The van der Waals surface area contributed by atoms with Gasteiger partial charge in [-0.3, -0.25) is 14.6 Å². The second kappa shape index (κ2) is 17.5. The van der Waals surface area contributed by atoms with Crippen molar-refractivity contribution in [3.05, 3.63) is 111 Å². The van der Waals surface area contributed by atoms with Crippen molar-refractivity contribution in [3.63, 3.8) is 0 Å². The zero-order valence-electron chi connectivity index (χ0n) is 38.6. The second-order valence-corrected chi connectivity index (χ2v) is 17.3. The van der Waals surface area contributed by atoms with E-state index in [1.54, 1.807) is 48.5 Å². The summed E-state index contributed by atoms with van der Waals surface area (Å²) in [6.45, 7) is -0.176. The van der Waals surface area contributed by atoms with Crippen LogP contribution in [0.2, 0.25) is 0 Å². The number of cyclic esters (lactones) is 2. The molecule has 0 N–H and O–H groups in total. The van der Waals surface area contributed by atoms with Crippen LogP contribution in [0.3, 0.4) is 0 Å². The van der Waals surface area contributed by atoms with Gasteiger partial charge in [-0.05, 0) is 76.9 Å². The predicted octanol–water partition coefficient (Wildman–Crippen LogP) is 6.26. The first-order valence-electron chi connectivity index (χ1n) is 22.2. The molecular formula is C51H45NO18. The number of ether oxygens (including phenoxy) is 14. The van der Waals surface area contributed by atoms with Crippen LogP contribution in [-0.4, -0.2) is 98.3 Å². The maximum absolute atomic E-state index is 14.4. The molecule has 11 rings (SSSR count). The van der Waals surface area contributed by atoms with E-state index < -0.39 is 71.6 Å². The molecule has 0 saturated carbocycles. The Hall–Kier alpha value is -8.09. The van der Waals surface area contributed by atoms with Crippen molar-refractivity contribution >= 4 is 23.9 Å². The number of aromatic nitrogens is 1. The van der Waals surface area contributed by atoms with E-state index in [9.17, 15) is 19.2 Å². The second-order valence-electron chi connectivity index (χ2n) is 17.3. The zero-order valence-corrected chi connectivity index (χ0v) is 38.6. The minimum Gasteiger partial charge on any atom is -0.493 e. The molecule has 5 heterocycles. The van der Waals surface area contributed by atoms with Gasteiger partial charge in [0.15, 0.2) is 46.0 Å². The highest BCUT2D eigenvalue weighted by Crippen LogP contribution is 2.59. The average molecular weight is 960 g/mol. The van der Waals surface area contributed by atoms with Crippen molar-refractivity contribution in [2.75, 3.05) is 69.5 Å². The van der Waals surface area contributed by atoms with Crippen LogP contribution in [-0.2, 0) is 28.5 Å². The molecule has 0 amide bonds. The maximum atomic E-state index is 14.4. The topological polar surface area (TPSA) is 210 Å². The van der Waals surface area contributed by atoms with Crippen molar-refractivity contribution in [2.24, 2.45) is 23.7 Å². The fraction of sp³-hybridized carbons (Fsp3) is 0.353. The summed E-state index contributed by atoms with van der Waals surface area (Å²) >= 11 is 0. The van der Waals surface area contributed by atoms with E-state index in [-0.39, 0.29) is 37.9 Å². The summed E-state index contributed by atoms with van der Waals surface area (Å²) in [4.78, 5) is 60.7. The molecule has 0 radical (unpaired) electrons. The fourth-order valence-electron chi connectivity index (χ4n) is 10.9. The molecule has 19 heteroatoms. The van der Waals surface area contributed by atoms with Crippen LogP contribution in [0.15, 0.2) is 67.0 Å². The van der Waals surface area contributed by atoms with Crippen LogP contribution >= 0.6 is 0 Å². The van der Waals surface area contributed by atoms with Crippen molar-refractivity contribution in [1.29, 1.82) is 0 Å². The number of carbonyl (C=O) groups is 4. The van der Waals surface area contributed by atoms with Crippen molar-refractivity contribution in [3.8, 4) is 57.5 Å². The van der Waals surface area contributed by atoms with Crippen LogP contribution in [0.1, 0.15) is 78.1 Å². The number of rotatable bonds is 12. The van der Waals surface area contributed by atoms with E-state index in [2.05, 4.69) is 4.98 Å². The van der Waals surface area contributed by atoms with Crippen LogP contribution in [0.5, 0.6) is 57.5 Å². The quantitative estimate of drug-likeness (QED) is 0.0998. The van der Waals surface area contributed by atoms with Crippen LogP contribution in [0.4, 0.5) is 0 Å². The van der Waals surface area contributed by atoms with E-state index in [1.807, 2.05) is 0 Å². The molecule has 70 heavy (non-hydrogen) atoms. The van der Waals surface area contributed by atoms with E-state index >= 15 is 0 Å². The lowest BCUT2D eigenvalue weighted by molar-refractivity contribution is -0.142. The van der Waals surface area contributed by atoms with Gasteiger partial charge in [0.25, 0.3) is 0 Å². The summed E-state index contributed by atoms with van der Waals surface area (Å²) in [5.41, 5.74) is 3.55. The number of pyridine rings is 1. The Morgan fingerprint density at radius 1 is 0.471 bits per heavy atom. The molecule has 2 aliphatic carbocycles. The molecule has 0 spiro atoms. The largest absolute Gasteiger partial charge is 0.493 e. The Morgan fingerprint density at radius 3 is 1.17 bits per heavy atom. The third-order valence-electron chi connectivity index (χ3n) is 14.0. The number of benzene rings is 4. The molecule has 6 aliphatic rings. The lowest BCUT2D eigenvalue weighted by Crippen LogP contribution is -2.37. The third-order valence-corrected chi connectivity index (χ3v) is 14.0. The van der Waals surface area contributed by atoms with Gasteiger partial charge in [0.2, 0.25) is 25.1 Å². The minimum atomic E-state index is -1.02. The van der Waals surface area contributed by atoms with Gasteiger partial charge in [0, 0.05) is 47.2 Å². The van der Waals surface area contributed by atoms with Crippen LogP contribution in [0.25, 0.3) is 0 Å². The number of hydrogen-bond acceptors (Lipinski definition) is 19. The average Bonchev–Trinajstić information content (AvgIpc) is 4.22. The Kier molecular flexibility index (Phi) is 11.1. The van der Waals surface area contributed by atoms with Gasteiger partial charge in [0.05, 0.1) is 78.8 Å². The van der Waals surface area contributed by atoms with Gasteiger partial charge in [-0.1, -0.05) is 0 Å². The summed E-state index contributed by atoms with van der Waals surface area (Å²) < 4.78 is 81.2. The van der Waals surface area contributed by atoms with Crippen molar-refractivity contribution in [2.45, 2.75) is 24.0 Å². The first-order chi connectivity index (χ1) is 34.1. The van der Waals surface area contributed by atoms with Crippen molar-refractivity contribution in [1.82, 2.24) is 4.98 Å². The number of hydrogen-bond donors (Lipinski definition) is 0. The zero-order chi connectivity index (χ0) is 48.5. The Morgan fingerprint density at radius 2 is 0.829 bits per heavy atom.